The zero-order valence-corrected chi connectivity index (χ0v) is 15.3. The highest BCUT2D eigenvalue weighted by molar-refractivity contribution is 7.99. The molecule has 6 nitrogen and oxygen atoms in total. The molecule has 0 aliphatic carbocycles. The lowest BCUT2D eigenvalue weighted by molar-refractivity contribution is 0.0825. The van der Waals surface area contributed by atoms with Crippen LogP contribution in [0.1, 0.15) is 22.3 Å². The molecule has 1 atom stereocenters. The van der Waals surface area contributed by atoms with Crippen LogP contribution in [0.5, 0.6) is 11.5 Å². The first-order valence-corrected chi connectivity index (χ1v) is 9.29. The Balaban J connectivity index is 1.43. The highest BCUT2D eigenvalue weighted by Gasteiger charge is 2.27. The summed E-state index contributed by atoms with van der Waals surface area (Å²) in [6, 6.07) is 13.0. The van der Waals surface area contributed by atoms with E-state index in [1.54, 1.807) is 4.57 Å². The maximum atomic E-state index is 13.0. The highest BCUT2D eigenvalue weighted by atomic mass is 32.2. The van der Waals surface area contributed by atoms with E-state index in [-0.39, 0.29) is 23.5 Å². The first-order valence-electron chi connectivity index (χ1n) is 8.31. The molecule has 27 heavy (non-hydrogen) atoms. The molecule has 2 aromatic carbocycles. The number of hydrogen-bond donors (Lipinski definition) is 0. The average molecular weight is 385 g/mol. The molecule has 8 heteroatoms. The first-order chi connectivity index (χ1) is 13.1. The summed E-state index contributed by atoms with van der Waals surface area (Å²) in [5.41, 5.74) is 0.465. The molecule has 0 spiro atoms. The number of benzene rings is 2. The molecule has 0 saturated heterocycles. The number of carbonyl (C=O) groups excluding carboxylic acids is 1. The number of thioether (sulfide) groups is 1. The standard InChI is InChI=1S/C19H16FN3O3S/c1-23-18(17-10-25-15-4-2-3-5-16(15)26-17)21-22-19(23)27-11-14(24)12-6-8-13(20)9-7-12/h2-9,17H,10-11H2,1H3/t17-/m0/s1. The van der Waals surface area contributed by atoms with Crippen LogP contribution in [0, 0.1) is 5.82 Å². The van der Waals surface area contributed by atoms with Crippen molar-refractivity contribution in [3.63, 3.8) is 0 Å². The van der Waals surface area contributed by atoms with Gasteiger partial charge in [-0.15, -0.1) is 10.2 Å². The Hall–Kier alpha value is -2.87. The van der Waals surface area contributed by atoms with Crippen molar-refractivity contribution in [3.05, 3.63) is 65.7 Å². The van der Waals surface area contributed by atoms with Gasteiger partial charge in [-0.3, -0.25) is 4.79 Å². The fourth-order valence-corrected chi connectivity index (χ4v) is 3.54. The summed E-state index contributed by atoms with van der Waals surface area (Å²) in [4.78, 5) is 12.2. The predicted molar refractivity (Wildman–Crippen MR) is 97.8 cm³/mol. The summed E-state index contributed by atoms with van der Waals surface area (Å²) < 4.78 is 26.4. The highest BCUT2D eigenvalue weighted by Crippen LogP contribution is 2.35. The van der Waals surface area contributed by atoms with E-state index in [0.717, 1.165) is 0 Å². The number of fused-ring (bicyclic) bond motifs is 1. The molecule has 0 bridgehead atoms. The van der Waals surface area contributed by atoms with Crippen molar-refractivity contribution in [2.45, 2.75) is 11.3 Å². The van der Waals surface area contributed by atoms with E-state index in [2.05, 4.69) is 10.2 Å². The Kier molecular flexibility index (Phi) is 4.81. The Labute approximate surface area is 159 Å². The van der Waals surface area contributed by atoms with E-state index in [9.17, 15) is 9.18 Å². The third-order valence-corrected chi connectivity index (χ3v) is 5.18. The molecule has 1 aliphatic rings. The van der Waals surface area contributed by atoms with Crippen LogP contribution in [0.4, 0.5) is 4.39 Å². The van der Waals surface area contributed by atoms with Crippen molar-refractivity contribution in [1.82, 2.24) is 14.8 Å². The summed E-state index contributed by atoms with van der Waals surface area (Å²) >= 11 is 1.27. The fraction of sp³-hybridized carbons (Fsp3) is 0.211. The molecule has 1 aromatic heterocycles. The molecule has 0 amide bonds. The number of carbonyl (C=O) groups is 1. The number of halogens is 1. The average Bonchev–Trinajstić information content (AvgIpc) is 3.06. The largest absolute Gasteiger partial charge is 0.485 e. The fourth-order valence-electron chi connectivity index (χ4n) is 2.73. The van der Waals surface area contributed by atoms with Gasteiger partial charge in [-0.2, -0.15) is 0 Å². The maximum Gasteiger partial charge on any atom is 0.192 e. The van der Waals surface area contributed by atoms with Crippen molar-refractivity contribution in [2.75, 3.05) is 12.4 Å². The Morgan fingerprint density at radius 3 is 2.70 bits per heavy atom. The lowest BCUT2D eigenvalue weighted by atomic mass is 10.1. The smallest absolute Gasteiger partial charge is 0.192 e. The number of hydrogen-bond acceptors (Lipinski definition) is 6. The monoisotopic (exact) mass is 385 g/mol. The predicted octanol–water partition coefficient (Wildman–Crippen LogP) is 3.44. The Morgan fingerprint density at radius 2 is 1.93 bits per heavy atom. The van der Waals surface area contributed by atoms with E-state index in [4.69, 9.17) is 9.47 Å². The van der Waals surface area contributed by atoms with E-state index in [1.807, 2.05) is 31.3 Å². The van der Waals surface area contributed by atoms with Crippen LogP contribution in [0.15, 0.2) is 53.7 Å². The minimum atomic E-state index is -0.375. The number of Topliss-reactive ketones (excluding diaryl/α,β-unsaturated/α-hetero) is 1. The van der Waals surface area contributed by atoms with E-state index in [1.165, 1.54) is 36.0 Å². The molecule has 0 radical (unpaired) electrons. The molecule has 1 aliphatic heterocycles. The van der Waals surface area contributed by atoms with Crippen molar-refractivity contribution in [3.8, 4) is 11.5 Å². The van der Waals surface area contributed by atoms with Crippen molar-refractivity contribution in [1.29, 1.82) is 0 Å². The van der Waals surface area contributed by atoms with Gasteiger partial charge >= 0.3 is 0 Å². The van der Waals surface area contributed by atoms with Gasteiger partial charge in [0.25, 0.3) is 0 Å². The summed E-state index contributed by atoms with van der Waals surface area (Å²) in [5, 5.41) is 8.96. The zero-order chi connectivity index (χ0) is 18.8. The molecule has 3 aromatic rings. The van der Waals surface area contributed by atoms with Gasteiger partial charge in [0.2, 0.25) is 0 Å². The summed E-state index contributed by atoms with van der Waals surface area (Å²) in [7, 11) is 1.82. The second-order valence-electron chi connectivity index (χ2n) is 5.98. The van der Waals surface area contributed by atoms with Crippen LogP contribution >= 0.6 is 11.8 Å². The van der Waals surface area contributed by atoms with Crippen molar-refractivity contribution < 1.29 is 18.7 Å². The lowest BCUT2D eigenvalue weighted by Crippen LogP contribution is -2.24. The number of aromatic nitrogens is 3. The maximum absolute atomic E-state index is 13.0. The van der Waals surface area contributed by atoms with E-state index >= 15 is 0 Å². The van der Waals surface area contributed by atoms with Crippen LogP contribution in [-0.4, -0.2) is 32.9 Å². The number of para-hydroxylation sites is 2. The van der Waals surface area contributed by atoms with Gasteiger partial charge in [-0.05, 0) is 36.4 Å². The summed E-state index contributed by atoms with van der Waals surface area (Å²) in [6.07, 6.45) is -0.375. The van der Waals surface area contributed by atoms with Gasteiger partial charge in [-0.25, -0.2) is 4.39 Å². The van der Waals surface area contributed by atoms with Gasteiger partial charge in [-0.1, -0.05) is 23.9 Å². The van der Waals surface area contributed by atoms with Crippen LogP contribution in [0.25, 0.3) is 0 Å². The summed E-state index contributed by atoms with van der Waals surface area (Å²) in [6.45, 7) is 0.335. The van der Waals surface area contributed by atoms with Gasteiger partial charge in [0, 0.05) is 12.6 Å². The lowest BCUT2D eigenvalue weighted by Gasteiger charge is -2.25. The normalized spacial score (nSPS) is 15.6. The van der Waals surface area contributed by atoms with Crippen LogP contribution in [0.2, 0.25) is 0 Å². The molecular formula is C19H16FN3O3S. The van der Waals surface area contributed by atoms with Gasteiger partial charge < -0.3 is 14.0 Å². The van der Waals surface area contributed by atoms with Crippen LogP contribution in [-0.2, 0) is 7.05 Å². The third-order valence-electron chi connectivity index (χ3n) is 4.16. The van der Waals surface area contributed by atoms with Gasteiger partial charge in [0.15, 0.2) is 34.4 Å². The topological polar surface area (TPSA) is 66.2 Å². The number of rotatable bonds is 5. The third kappa shape index (κ3) is 3.66. The minimum Gasteiger partial charge on any atom is -0.485 e. The number of ketones is 1. The summed E-state index contributed by atoms with van der Waals surface area (Å²) in [5.74, 6) is 1.71. The van der Waals surface area contributed by atoms with Gasteiger partial charge in [0.1, 0.15) is 12.4 Å². The molecule has 2 heterocycles. The molecule has 0 saturated carbocycles. The molecule has 4 rings (SSSR count). The van der Waals surface area contributed by atoms with E-state index in [0.29, 0.717) is 34.7 Å². The molecule has 0 unspecified atom stereocenters. The molecule has 0 fully saturated rings. The zero-order valence-electron chi connectivity index (χ0n) is 14.5. The first kappa shape index (κ1) is 17.5. The van der Waals surface area contributed by atoms with Crippen LogP contribution < -0.4 is 9.47 Å². The minimum absolute atomic E-state index is 0.101. The SMILES string of the molecule is Cn1c(SCC(=O)c2ccc(F)cc2)nnc1[C@@H]1COc2ccccc2O1. The molecule has 138 valence electrons. The quantitative estimate of drug-likeness (QED) is 0.495. The van der Waals surface area contributed by atoms with E-state index < -0.39 is 0 Å². The number of nitrogens with zero attached hydrogens (tertiary/aromatic N) is 3. The van der Waals surface area contributed by atoms with Gasteiger partial charge in [0.05, 0.1) is 5.75 Å². The van der Waals surface area contributed by atoms with Crippen LogP contribution in [0.3, 0.4) is 0 Å². The molecule has 0 N–H and O–H groups in total. The second-order valence-corrected chi connectivity index (χ2v) is 6.93. The molecular weight excluding hydrogens is 369 g/mol. The van der Waals surface area contributed by atoms with Crippen molar-refractivity contribution in [2.24, 2.45) is 7.05 Å². The second kappa shape index (κ2) is 7.40. The van der Waals surface area contributed by atoms with Crippen molar-refractivity contribution >= 4 is 17.5 Å². The Morgan fingerprint density at radius 1 is 1.19 bits per heavy atom. The Bertz CT molecular complexity index is 975. The number of ether oxygens (including phenoxy) is 2.